The Bertz CT molecular complexity index is 744. The van der Waals surface area contributed by atoms with Crippen LogP contribution >= 0.6 is 12.4 Å². The van der Waals surface area contributed by atoms with E-state index < -0.39 is 16.1 Å². The van der Waals surface area contributed by atoms with Crippen LogP contribution < -0.4 is 5.73 Å². The van der Waals surface area contributed by atoms with Crippen molar-refractivity contribution in [2.24, 2.45) is 11.7 Å². The summed E-state index contributed by atoms with van der Waals surface area (Å²) in [7, 11) is -3.37. The molecule has 1 aromatic carbocycles. The molecule has 0 radical (unpaired) electrons. The molecule has 1 unspecified atom stereocenters. The lowest BCUT2D eigenvalue weighted by Crippen LogP contribution is -2.47. The molecule has 0 spiro atoms. The lowest BCUT2D eigenvalue weighted by molar-refractivity contribution is -0.133. The van der Waals surface area contributed by atoms with E-state index in [1.54, 1.807) is 0 Å². The van der Waals surface area contributed by atoms with Gasteiger partial charge in [0.25, 0.3) is 0 Å². The second-order valence-corrected chi connectivity index (χ2v) is 9.74. The molecule has 1 amide bonds. The van der Waals surface area contributed by atoms with Crippen LogP contribution in [-0.4, -0.2) is 61.5 Å². The van der Waals surface area contributed by atoms with Crippen LogP contribution in [0.25, 0.3) is 0 Å². The molecule has 2 aliphatic rings. The highest BCUT2D eigenvalue weighted by molar-refractivity contribution is 7.89. The molecule has 0 aliphatic carbocycles. The molecule has 1 aromatic rings. The van der Waals surface area contributed by atoms with Gasteiger partial charge in [-0.25, -0.2) is 8.42 Å². The SMILES string of the molecule is CCCCS(=O)(=O)N1CCCC1C(=O)N1C[C@@H](CN)[C@H](c2ccccc2)C1.Cl. The third-order valence-electron chi connectivity index (χ3n) is 5.89. The highest BCUT2D eigenvalue weighted by Gasteiger charge is 2.43. The minimum atomic E-state index is -3.37. The molecule has 2 fully saturated rings. The van der Waals surface area contributed by atoms with Gasteiger partial charge in [0, 0.05) is 25.6 Å². The van der Waals surface area contributed by atoms with Crippen molar-refractivity contribution in [3.63, 3.8) is 0 Å². The van der Waals surface area contributed by atoms with Crippen molar-refractivity contribution in [2.75, 3.05) is 31.9 Å². The number of hydrogen-bond acceptors (Lipinski definition) is 4. The van der Waals surface area contributed by atoms with Gasteiger partial charge in [0.05, 0.1) is 5.75 Å². The minimum absolute atomic E-state index is 0. The Morgan fingerprint density at radius 1 is 1.21 bits per heavy atom. The first kappa shape index (κ1) is 23.1. The Morgan fingerprint density at radius 3 is 2.57 bits per heavy atom. The quantitative estimate of drug-likeness (QED) is 0.720. The Morgan fingerprint density at radius 2 is 1.93 bits per heavy atom. The fraction of sp³-hybridized carbons (Fsp3) is 0.650. The fourth-order valence-corrected chi connectivity index (χ4v) is 6.22. The monoisotopic (exact) mass is 429 g/mol. The van der Waals surface area contributed by atoms with Crippen molar-refractivity contribution in [2.45, 2.75) is 44.6 Å². The molecule has 0 saturated carbocycles. The topological polar surface area (TPSA) is 83.7 Å². The number of amides is 1. The Labute approximate surface area is 174 Å². The van der Waals surface area contributed by atoms with E-state index in [1.165, 1.54) is 9.87 Å². The number of nitrogens with zero attached hydrogens (tertiary/aromatic N) is 2. The summed E-state index contributed by atoms with van der Waals surface area (Å²) in [5.41, 5.74) is 7.18. The number of halogens is 1. The van der Waals surface area contributed by atoms with Gasteiger partial charge in [0.2, 0.25) is 15.9 Å². The normalized spacial score (nSPS) is 25.6. The number of rotatable bonds is 7. The van der Waals surface area contributed by atoms with Gasteiger partial charge in [0.1, 0.15) is 6.04 Å². The molecule has 2 heterocycles. The summed E-state index contributed by atoms with van der Waals surface area (Å²) in [5.74, 6) is 0.504. The van der Waals surface area contributed by atoms with E-state index in [9.17, 15) is 13.2 Å². The smallest absolute Gasteiger partial charge is 0.241 e. The third kappa shape index (κ3) is 4.87. The molecule has 8 heteroatoms. The molecule has 6 nitrogen and oxygen atoms in total. The maximum atomic E-state index is 13.2. The van der Waals surface area contributed by atoms with Crippen LogP contribution in [0.5, 0.6) is 0 Å². The van der Waals surface area contributed by atoms with Gasteiger partial charge in [-0.15, -0.1) is 12.4 Å². The largest absolute Gasteiger partial charge is 0.340 e. The Balaban J connectivity index is 0.00000280. The minimum Gasteiger partial charge on any atom is -0.340 e. The van der Waals surface area contributed by atoms with Crippen molar-refractivity contribution in [1.29, 1.82) is 0 Å². The van der Waals surface area contributed by atoms with E-state index in [0.717, 1.165) is 12.8 Å². The van der Waals surface area contributed by atoms with E-state index in [4.69, 9.17) is 5.73 Å². The molecule has 28 heavy (non-hydrogen) atoms. The molecule has 2 N–H and O–H groups in total. The molecular weight excluding hydrogens is 398 g/mol. The number of nitrogens with two attached hydrogens (primary N) is 1. The van der Waals surface area contributed by atoms with E-state index in [-0.39, 0.29) is 35.9 Å². The zero-order valence-electron chi connectivity index (χ0n) is 16.5. The maximum absolute atomic E-state index is 13.2. The summed E-state index contributed by atoms with van der Waals surface area (Å²) in [4.78, 5) is 15.0. The van der Waals surface area contributed by atoms with E-state index in [0.29, 0.717) is 39.0 Å². The predicted molar refractivity (Wildman–Crippen MR) is 114 cm³/mol. The molecule has 0 aromatic heterocycles. The van der Waals surface area contributed by atoms with Crippen LogP contribution in [0.4, 0.5) is 0 Å². The van der Waals surface area contributed by atoms with Crippen molar-refractivity contribution in [3.8, 4) is 0 Å². The maximum Gasteiger partial charge on any atom is 0.241 e. The Hall–Kier alpha value is -1.15. The molecule has 2 saturated heterocycles. The standard InChI is InChI=1S/C20H31N3O3S.ClH/c1-2-3-12-27(25,26)23-11-7-10-19(23)20(24)22-14-17(13-21)18(15-22)16-8-5-4-6-9-16;/h4-6,8-9,17-19H,2-3,7,10-15,21H2,1H3;1H/t17-,18+,19?;/m1./s1. The van der Waals surface area contributed by atoms with Gasteiger partial charge in [0.15, 0.2) is 0 Å². The number of sulfonamides is 1. The highest BCUT2D eigenvalue weighted by Crippen LogP contribution is 2.34. The predicted octanol–water partition coefficient (Wildman–Crippen LogP) is 2.20. The molecule has 2 aliphatic heterocycles. The molecule has 3 atom stereocenters. The van der Waals surface area contributed by atoms with Crippen molar-refractivity contribution in [1.82, 2.24) is 9.21 Å². The molecule has 3 rings (SSSR count). The summed E-state index contributed by atoms with van der Waals surface area (Å²) >= 11 is 0. The van der Waals surface area contributed by atoms with Gasteiger partial charge in [-0.3, -0.25) is 4.79 Å². The van der Waals surface area contributed by atoms with Crippen LogP contribution in [-0.2, 0) is 14.8 Å². The van der Waals surface area contributed by atoms with Crippen molar-refractivity contribution >= 4 is 28.3 Å². The third-order valence-corrected chi connectivity index (χ3v) is 7.84. The van der Waals surface area contributed by atoms with E-state index in [1.807, 2.05) is 30.0 Å². The number of likely N-dealkylation sites (tertiary alicyclic amines) is 1. The summed E-state index contributed by atoms with van der Waals surface area (Å²) in [5, 5.41) is 0. The lowest BCUT2D eigenvalue weighted by atomic mass is 9.89. The van der Waals surface area contributed by atoms with Gasteiger partial charge in [-0.05, 0) is 37.3 Å². The van der Waals surface area contributed by atoms with Crippen LogP contribution in [0.3, 0.4) is 0 Å². The van der Waals surface area contributed by atoms with Gasteiger partial charge in [-0.1, -0.05) is 43.7 Å². The fourth-order valence-electron chi connectivity index (χ4n) is 4.34. The first-order chi connectivity index (χ1) is 13.0. The number of unbranched alkanes of at least 4 members (excludes halogenated alkanes) is 1. The number of benzene rings is 1. The van der Waals surface area contributed by atoms with Crippen molar-refractivity contribution in [3.05, 3.63) is 35.9 Å². The molecule has 158 valence electrons. The first-order valence-electron chi connectivity index (χ1n) is 10.0. The average Bonchev–Trinajstić information content (AvgIpc) is 3.34. The van der Waals surface area contributed by atoms with Gasteiger partial charge < -0.3 is 10.6 Å². The van der Waals surface area contributed by atoms with Gasteiger partial charge >= 0.3 is 0 Å². The summed E-state index contributed by atoms with van der Waals surface area (Å²) in [6, 6.07) is 9.62. The molecule has 0 bridgehead atoms. The van der Waals surface area contributed by atoms with Crippen LogP contribution in [0.2, 0.25) is 0 Å². The molecular formula is C20H32ClN3O3S. The number of carbonyl (C=O) groups excluding carboxylic acids is 1. The second kappa shape index (κ2) is 10.1. The van der Waals surface area contributed by atoms with E-state index in [2.05, 4.69) is 12.1 Å². The van der Waals surface area contributed by atoms with Crippen LogP contribution in [0, 0.1) is 5.92 Å². The zero-order valence-corrected chi connectivity index (χ0v) is 18.1. The summed E-state index contributed by atoms with van der Waals surface area (Å²) in [6.07, 6.45) is 2.82. The van der Waals surface area contributed by atoms with E-state index >= 15 is 0 Å². The lowest BCUT2D eigenvalue weighted by Gasteiger charge is -2.27. The second-order valence-electron chi connectivity index (χ2n) is 7.69. The summed E-state index contributed by atoms with van der Waals surface area (Å²) in [6.45, 7) is 4.17. The summed E-state index contributed by atoms with van der Waals surface area (Å²) < 4.78 is 26.8. The van der Waals surface area contributed by atoms with Crippen LogP contribution in [0.15, 0.2) is 30.3 Å². The van der Waals surface area contributed by atoms with Gasteiger partial charge in [-0.2, -0.15) is 4.31 Å². The Kier molecular flexibility index (Phi) is 8.30. The number of carbonyl (C=O) groups is 1. The average molecular weight is 430 g/mol. The van der Waals surface area contributed by atoms with Crippen molar-refractivity contribution < 1.29 is 13.2 Å². The highest BCUT2D eigenvalue weighted by atomic mass is 35.5. The first-order valence-corrected chi connectivity index (χ1v) is 11.6. The number of hydrogen-bond donors (Lipinski definition) is 1. The van der Waals surface area contributed by atoms with Crippen LogP contribution in [0.1, 0.15) is 44.1 Å². The zero-order chi connectivity index (χ0) is 19.4.